The van der Waals surface area contributed by atoms with E-state index in [1.807, 2.05) is 39.5 Å². The Bertz CT molecular complexity index is 614. The molecule has 22 heavy (non-hydrogen) atoms. The maximum Gasteiger partial charge on any atom is 0.268 e. The maximum absolute atomic E-state index is 12.9. The maximum atomic E-state index is 12.9. The van der Waals surface area contributed by atoms with Crippen LogP contribution in [-0.2, 0) is 6.54 Å². The molecule has 6 heteroatoms. The summed E-state index contributed by atoms with van der Waals surface area (Å²) < 4.78 is 1.93. The van der Waals surface area contributed by atoms with Crippen molar-refractivity contribution in [3.63, 3.8) is 0 Å². The van der Waals surface area contributed by atoms with E-state index in [1.54, 1.807) is 0 Å². The van der Waals surface area contributed by atoms with Gasteiger partial charge in [0, 0.05) is 19.3 Å². The molecule has 0 spiro atoms. The van der Waals surface area contributed by atoms with Crippen molar-refractivity contribution in [2.24, 2.45) is 5.92 Å². The van der Waals surface area contributed by atoms with E-state index in [4.69, 9.17) is 0 Å². The van der Waals surface area contributed by atoms with Crippen molar-refractivity contribution in [2.75, 3.05) is 18.0 Å². The van der Waals surface area contributed by atoms with Gasteiger partial charge in [-0.1, -0.05) is 19.9 Å². The Labute approximate surface area is 134 Å². The Hall–Kier alpha value is -1.66. The van der Waals surface area contributed by atoms with Crippen LogP contribution < -0.4 is 10.2 Å². The Morgan fingerprint density at radius 1 is 1.59 bits per heavy atom. The largest absolute Gasteiger partial charge is 0.315 e. The van der Waals surface area contributed by atoms with Crippen molar-refractivity contribution in [1.82, 2.24) is 15.1 Å². The molecule has 5 nitrogen and oxygen atoms in total. The van der Waals surface area contributed by atoms with Crippen molar-refractivity contribution in [3.8, 4) is 0 Å². The molecule has 3 heterocycles. The minimum absolute atomic E-state index is 0.0767. The van der Waals surface area contributed by atoms with Gasteiger partial charge in [-0.05, 0) is 30.3 Å². The topological polar surface area (TPSA) is 50.2 Å². The highest BCUT2D eigenvalue weighted by atomic mass is 32.1. The molecule has 1 amide bonds. The van der Waals surface area contributed by atoms with Crippen molar-refractivity contribution in [2.45, 2.75) is 32.9 Å². The third kappa shape index (κ3) is 3.23. The minimum Gasteiger partial charge on any atom is -0.315 e. The van der Waals surface area contributed by atoms with Gasteiger partial charge >= 0.3 is 0 Å². The van der Waals surface area contributed by atoms with Crippen molar-refractivity contribution in [3.05, 3.63) is 34.8 Å². The lowest BCUT2D eigenvalue weighted by atomic mass is 10.2. The monoisotopic (exact) mass is 318 g/mol. The van der Waals surface area contributed by atoms with Gasteiger partial charge in [-0.25, -0.2) is 0 Å². The number of thiophene rings is 1. The molecule has 0 radical (unpaired) electrons. The molecule has 3 rings (SSSR count). The first-order chi connectivity index (χ1) is 10.6. The van der Waals surface area contributed by atoms with Gasteiger partial charge in [-0.15, -0.1) is 11.3 Å². The number of carbonyl (C=O) groups is 1. The molecule has 0 aliphatic carbocycles. The Balaban J connectivity index is 1.88. The third-order valence-corrected chi connectivity index (χ3v) is 4.66. The van der Waals surface area contributed by atoms with Crippen molar-refractivity contribution in [1.29, 1.82) is 0 Å². The molecule has 0 aromatic carbocycles. The lowest BCUT2D eigenvalue weighted by Crippen LogP contribution is -2.41. The van der Waals surface area contributed by atoms with Crippen LogP contribution in [0.25, 0.3) is 0 Å². The molecule has 0 bridgehead atoms. The van der Waals surface area contributed by atoms with E-state index in [1.165, 1.54) is 11.3 Å². The summed E-state index contributed by atoms with van der Waals surface area (Å²) in [5.74, 6) is 0.607. The molecule has 1 atom stereocenters. The van der Waals surface area contributed by atoms with Crippen LogP contribution in [0.5, 0.6) is 0 Å². The molecule has 1 aliphatic rings. The lowest BCUT2D eigenvalue weighted by molar-refractivity contribution is 0.0982. The van der Waals surface area contributed by atoms with Crippen LogP contribution in [0.1, 0.15) is 29.9 Å². The van der Waals surface area contributed by atoms with E-state index in [0.29, 0.717) is 5.92 Å². The summed E-state index contributed by atoms with van der Waals surface area (Å²) in [6.07, 6.45) is 4.78. The highest BCUT2D eigenvalue weighted by molar-refractivity contribution is 7.12. The highest BCUT2D eigenvalue weighted by Crippen LogP contribution is 2.24. The molecular weight excluding hydrogens is 296 g/mol. The van der Waals surface area contributed by atoms with Gasteiger partial charge in [0.05, 0.1) is 22.8 Å². The normalized spacial score (nSPS) is 18.0. The second kappa shape index (κ2) is 6.62. The number of nitrogens with one attached hydrogen (secondary N) is 1. The molecule has 1 aliphatic heterocycles. The van der Waals surface area contributed by atoms with Crippen LogP contribution in [0.15, 0.2) is 29.9 Å². The molecule has 2 aromatic rings. The summed E-state index contributed by atoms with van der Waals surface area (Å²) in [5.41, 5.74) is 0.896. The van der Waals surface area contributed by atoms with Gasteiger partial charge in [-0.2, -0.15) is 5.10 Å². The number of anilines is 1. The summed E-state index contributed by atoms with van der Waals surface area (Å²) in [6, 6.07) is 4.01. The molecule has 0 saturated carbocycles. The summed E-state index contributed by atoms with van der Waals surface area (Å²) in [7, 11) is 0. The van der Waals surface area contributed by atoms with Crippen LogP contribution in [0.4, 0.5) is 5.69 Å². The first-order valence-corrected chi connectivity index (χ1v) is 8.63. The van der Waals surface area contributed by atoms with Gasteiger partial charge in [0.15, 0.2) is 0 Å². The van der Waals surface area contributed by atoms with Crippen LogP contribution in [0.2, 0.25) is 0 Å². The molecule has 1 N–H and O–H groups in total. The SMILES string of the molecule is CC(C)Cn1cc(N(C(=O)c2cccs2)C2CCNC2)cn1. The first-order valence-electron chi connectivity index (χ1n) is 7.75. The summed E-state index contributed by atoms with van der Waals surface area (Å²) >= 11 is 1.49. The van der Waals surface area contributed by atoms with E-state index >= 15 is 0 Å². The molecule has 1 unspecified atom stereocenters. The summed E-state index contributed by atoms with van der Waals surface area (Å²) in [5, 5.41) is 9.71. The van der Waals surface area contributed by atoms with Crippen LogP contribution in [0, 0.1) is 5.92 Å². The van der Waals surface area contributed by atoms with Crippen LogP contribution in [0.3, 0.4) is 0 Å². The fraction of sp³-hybridized carbons (Fsp3) is 0.500. The summed E-state index contributed by atoms with van der Waals surface area (Å²) in [6.45, 7) is 6.99. The molecular formula is C16H22N4OS. The second-order valence-electron chi connectivity index (χ2n) is 6.11. The Morgan fingerprint density at radius 3 is 3.09 bits per heavy atom. The van der Waals surface area contributed by atoms with Gasteiger partial charge in [0.1, 0.15) is 0 Å². The van der Waals surface area contributed by atoms with E-state index in [2.05, 4.69) is 24.3 Å². The van der Waals surface area contributed by atoms with Gasteiger partial charge < -0.3 is 10.2 Å². The number of hydrogen-bond acceptors (Lipinski definition) is 4. The van der Waals surface area contributed by atoms with Gasteiger partial charge in [0.25, 0.3) is 5.91 Å². The van der Waals surface area contributed by atoms with Gasteiger partial charge in [0.2, 0.25) is 0 Å². The smallest absolute Gasteiger partial charge is 0.268 e. The molecule has 2 aromatic heterocycles. The number of nitrogens with zero attached hydrogens (tertiary/aromatic N) is 3. The average molecular weight is 318 g/mol. The highest BCUT2D eigenvalue weighted by Gasteiger charge is 2.30. The standard InChI is InChI=1S/C16H22N4OS/c1-12(2)10-19-11-14(9-18-19)20(13-5-6-17-8-13)16(21)15-4-3-7-22-15/h3-4,7,9,11-13,17H,5-6,8,10H2,1-2H3. The zero-order valence-electron chi connectivity index (χ0n) is 13.0. The quantitative estimate of drug-likeness (QED) is 0.922. The fourth-order valence-electron chi connectivity index (χ4n) is 2.82. The predicted molar refractivity (Wildman–Crippen MR) is 89.5 cm³/mol. The van der Waals surface area contributed by atoms with E-state index < -0.39 is 0 Å². The van der Waals surface area contributed by atoms with Crippen molar-refractivity contribution >= 4 is 22.9 Å². The zero-order chi connectivity index (χ0) is 15.5. The first kappa shape index (κ1) is 15.2. The number of rotatable bonds is 5. The molecule has 1 fully saturated rings. The van der Waals surface area contributed by atoms with Crippen LogP contribution in [-0.4, -0.2) is 34.8 Å². The van der Waals surface area contributed by atoms with Crippen molar-refractivity contribution < 1.29 is 4.79 Å². The Kier molecular flexibility index (Phi) is 4.59. The Morgan fingerprint density at radius 2 is 2.45 bits per heavy atom. The second-order valence-corrected chi connectivity index (χ2v) is 7.06. The predicted octanol–water partition coefficient (Wildman–Crippen LogP) is 2.61. The third-order valence-electron chi connectivity index (χ3n) is 3.80. The number of hydrogen-bond donors (Lipinski definition) is 1. The minimum atomic E-state index is 0.0767. The van der Waals surface area contributed by atoms with E-state index in [-0.39, 0.29) is 11.9 Å². The number of aromatic nitrogens is 2. The lowest BCUT2D eigenvalue weighted by Gasteiger charge is -2.26. The molecule has 118 valence electrons. The van der Waals surface area contributed by atoms with Gasteiger partial charge in [-0.3, -0.25) is 9.48 Å². The van der Waals surface area contributed by atoms with E-state index in [0.717, 1.165) is 36.6 Å². The summed E-state index contributed by atoms with van der Waals surface area (Å²) in [4.78, 5) is 15.6. The number of carbonyl (C=O) groups excluding carboxylic acids is 1. The zero-order valence-corrected chi connectivity index (χ0v) is 13.8. The fourth-order valence-corrected chi connectivity index (χ4v) is 3.48. The van der Waals surface area contributed by atoms with E-state index in [9.17, 15) is 4.79 Å². The van der Waals surface area contributed by atoms with Crippen LogP contribution >= 0.6 is 11.3 Å². The number of amides is 1. The molecule has 1 saturated heterocycles. The average Bonchev–Trinajstić information content (AvgIpc) is 3.21.